The van der Waals surface area contributed by atoms with E-state index in [0.717, 1.165) is 0 Å². The van der Waals surface area contributed by atoms with Gasteiger partial charge in [0.25, 0.3) is 0 Å². The van der Waals surface area contributed by atoms with Crippen LogP contribution >= 0.6 is 0 Å². The van der Waals surface area contributed by atoms with Gasteiger partial charge in [0.2, 0.25) is 0 Å². The number of rotatable bonds is 6. The molecule has 0 aliphatic rings. The van der Waals surface area contributed by atoms with Gasteiger partial charge in [-0.3, -0.25) is 0 Å². The van der Waals surface area contributed by atoms with Gasteiger partial charge < -0.3 is 9.84 Å². The van der Waals surface area contributed by atoms with Crippen LogP contribution in [0.25, 0.3) is 0 Å². The number of nitrogens with one attached hydrogen (secondary N) is 2. The van der Waals surface area contributed by atoms with Crippen molar-refractivity contribution in [2.24, 2.45) is 0 Å². The highest BCUT2D eigenvalue weighted by Gasteiger charge is 2.15. The molecule has 0 saturated carbocycles. The van der Waals surface area contributed by atoms with Crippen molar-refractivity contribution in [1.82, 2.24) is 9.44 Å². The molecule has 7 nitrogen and oxygen atoms in total. The third-order valence-electron chi connectivity index (χ3n) is 1.47. The Morgan fingerprint density at radius 3 is 2.53 bits per heavy atom. The van der Waals surface area contributed by atoms with Crippen LogP contribution in [0.15, 0.2) is 0 Å². The lowest BCUT2D eigenvalue weighted by Crippen LogP contribution is -2.43. The van der Waals surface area contributed by atoms with E-state index in [1.165, 1.54) is 0 Å². The Morgan fingerprint density at radius 2 is 2.07 bits per heavy atom. The molecule has 0 aliphatic heterocycles. The average molecular weight is 240 g/mol. The minimum atomic E-state index is -3.94. The molecule has 0 radical (unpaired) electrons. The predicted molar refractivity (Wildman–Crippen MR) is 53.4 cm³/mol. The molecule has 0 rings (SSSR count). The Labute approximate surface area is 89.0 Å². The van der Waals surface area contributed by atoms with Crippen molar-refractivity contribution in [2.45, 2.75) is 26.4 Å². The lowest BCUT2D eigenvalue weighted by atomic mass is 10.3. The van der Waals surface area contributed by atoms with Crippen LogP contribution in [0.3, 0.4) is 0 Å². The fourth-order valence-electron chi connectivity index (χ4n) is 0.657. The van der Waals surface area contributed by atoms with E-state index in [-0.39, 0.29) is 13.2 Å². The van der Waals surface area contributed by atoms with Gasteiger partial charge in [-0.1, -0.05) is 6.92 Å². The smallest absolute Gasteiger partial charge is 0.421 e. The highest BCUT2D eigenvalue weighted by molar-refractivity contribution is 7.88. The summed E-state index contributed by atoms with van der Waals surface area (Å²) in [5.74, 6) is 0. The SMILES string of the molecule is CCOC(=O)NS(=O)(=O)NCC(O)CC. The first kappa shape index (κ1) is 14.1. The third kappa shape index (κ3) is 7.11. The molecule has 3 N–H and O–H groups in total. The summed E-state index contributed by atoms with van der Waals surface area (Å²) in [4.78, 5) is 10.8. The van der Waals surface area contributed by atoms with Gasteiger partial charge in [0.05, 0.1) is 12.7 Å². The monoisotopic (exact) mass is 240 g/mol. The number of ether oxygens (including phenoxy) is 1. The summed E-state index contributed by atoms with van der Waals surface area (Å²) < 4.78 is 30.2. The second-order valence-electron chi connectivity index (χ2n) is 2.74. The van der Waals surface area contributed by atoms with Crippen molar-refractivity contribution in [3.8, 4) is 0 Å². The molecular formula is C7H16N2O5S. The molecule has 15 heavy (non-hydrogen) atoms. The van der Waals surface area contributed by atoms with E-state index >= 15 is 0 Å². The number of amides is 1. The van der Waals surface area contributed by atoms with E-state index < -0.39 is 22.4 Å². The van der Waals surface area contributed by atoms with E-state index in [1.807, 2.05) is 4.72 Å². The molecule has 0 heterocycles. The minimum Gasteiger partial charge on any atom is -0.449 e. The van der Waals surface area contributed by atoms with Crippen molar-refractivity contribution < 1.29 is 23.1 Å². The van der Waals surface area contributed by atoms with Gasteiger partial charge in [0, 0.05) is 6.54 Å². The lowest BCUT2D eigenvalue weighted by molar-refractivity contribution is 0.158. The van der Waals surface area contributed by atoms with E-state index in [2.05, 4.69) is 4.74 Å². The van der Waals surface area contributed by atoms with Gasteiger partial charge in [-0.15, -0.1) is 0 Å². The molecule has 1 amide bonds. The lowest BCUT2D eigenvalue weighted by Gasteiger charge is -2.10. The van der Waals surface area contributed by atoms with Crippen LogP contribution < -0.4 is 9.44 Å². The topological polar surface area (TPSA) is 105 Å². The molecule has 0 aromatic heterocycles. The number of hydrogen-bond acceptors (Lipinski definition) is 5. The summed E-state index contributed by atoms with van der Waals surface area (Å²) in [6.07, 6.45) is -1.40. The van der Waals surface area contributed by atoms with Crippen LogP contribution in [0.5, 0.6) is 0 Å². The molecule has 8 heteroatoms. The molecular weight excluding hydrogens is 224 g/mol. The first-order valence-electron chi connectivity index (χ1n) is 4.53. The van der Waals surface area contributed by atoms with Crippen LogP contribution in [0.1, 0.15) is 20.3 Å². The standard InChI is InChI=1S/C7H16N2O5S/c1-3-6(10)5-8-15(12,13)9-7(11)14-4-2/h6,8,10H,3-5H2,1-2H3,(H,9,11). The van der Waals surface area contributed by atoms with Gasteiger partial charge in [0.1, 0.15) is 0 Å². The number of carbonyl (C=O) groups is 1. The van der Waals surface area contributed by atoms with Gasteiger partial charge in [0.15, 0.2) is 0 Å². The number of hydrogen-bond donors (Lipinski definition) is 3. The average Bonchev–Trinajstić information content (AvgIpc) is 2.13. The highest BCUT2D eigenvalue weighted by atomic mass is 32.2. The quantitative estimate of drug-likeness (QED) is 0.571. The van der Waals surface area contributed by atoms with Gasteiger partial charge >= 0.3 is 16.3 Å². The maximum Gasteiger partial charge on any atom is 0.421 e. The van der Waals surface area contributed by atoms with Gasteiger partial charge in [-0.05, 0) is 13.3 Å². The second-order valence-corrected chi connectivity index (χ2v) is 4.24. The zero-order chi connectivity index (χ0) is 11.9. The molecule has 1 atom stereocenters. The van der Waals surface area contributed by atoms with E-state index in [4.69, 9.17) is 5.11 Å². The van der Waals surface area contributed by atoms with Crippen LogP contribution in [0.4, 0.5) is 4.79 Å². The van der Waals surface area contributed by atoms with E-state index in [9.17, 15) is 13.2 Å². The van der Waals surface area contributed by atoms with Crippen molar-refractivity contribution in [2.75, 3.05) is 13.2 Å². The summed E-state index contributed by atoms with van der Waals surface area (Å²) >= 11 is 0. The maximum absolute atomic E-state index is 11.1. The number of aliphatic hydroxyl groups is 1. The van der Waals surface area contributed by atoms with Crippen LogP contribution in [0, 0.1) is 0 Å². The molecule has 0 spiro atoms. The fraction of sp³-hybridized carbons (Fsp3) is 0.857. The minimum absolute atomic E-state index is 0.0823. The summed E-state index contributed by atoms with van der Waals surface area (Å²) in [5.41, 5.74) is 0. The zero-order valence-corrected chi connectivity index (χ0v) is 9.50. The van der Waals surface area contributed by atoms with Gasteiger partial charge in [-0.2, -0.15) is 13.1 Å². The molecule has 0 aromatic rings. The molecule has 0 aliphatic carbocycles. The maximum atomic E-state index is 11.1. The largest absolute Gasteiger partial charge is 0.449 e. The summed E-state index contributed by atoms with van der Waals surface area (Å²) in [6.45, 7) is 3.20. The number of carbonyl (C=O) groups excluding carboxylic acids is 1. The molecule has 0 fully saturated rings. The fourth-order valence-corrected chi connectivity index (χ4v) is 1.42. The molecule has 0 bridgehead atoms. The summed E-state index contributed by atoms with van der Waals surface area (Å²) in [5, 5.41) is 9.09. The Hall–Kier alpha value is -0.860. The molecule has 0 aromatic carbocycles. The summed E-state index contributed by atoms with van der Waals surface area (Å²) in [6, 6.07) is 0. The van der Waals surface area contributed by atoms with Gasteiger partial charge in [-0.25, -0.2) is 9.52 Å². The number of aliphatic hydroxyl groups excluding tert-OH is 1. The van der Waals surface area contributed by atoms with E-state index in [1.54, 1.807) is 18.6 Å². The Bertz CT molecular complexity index is 290. The Balaban J connectivity index is 4.03. The Morgan fingerprint density at radius 1 is 1.47 bits per heavy atom. The predicted octanol–water partition coefficient (Wildman–Crippen LogP) is -0.662. The normalized spacial score (nSPS) is 13.3. The van der Waals surface area contributed by atoms with Crippen LogP contribution in [-0.4, -0.2) is 38.9 Å². The third-order valence-corrected chi connectivity index (χ3v) is 2.46. The van der Waals surface area contributed by atoms with E-state index in [0.29, 0.717) is 6.42 Å². The zero-order valence-electron chi connectivity index (χ0n) is 8.69. The van der Waals surface area contributed by atoms with Crippen molar-refractivity contribution in [3.63, 3.8) is 0 Å². The van der Waals surface area contributed by atoms with Crippen molar-refractivity contribution in [1.29, 1.82) is 0 Å². The van der Waals surface area contributed by atoms with Crippen LogP contribution in [-0.2, 0) is 14.9 Å². The second kappa shape index (κ2) is 6.59. The molecule has 90 valence electrons. The van der Waals surface area contributed by atoms with Crippen LogP contribution in [0.2, 0.25) is 0 Å². The highest BCUT2D eigenvalue weighted by Crippen LogP contribution is 1.88. The molecule has 1 unspecified atom stereocenters. The van der Waals surface area contributed by atoms with Crippen molar-refractivity contribution in [3.05, 3.63) is 0 Å². The summed E-state index contributed by atoms with van der Waals surface area (Å²) in [7, 11) is -3.94. The first-order chi connectivity index (χ1) is 6.91. The van der Waals surface area contributed by atoms with Crippen molar-refractivity contribution >= 4 is 16.3 Å². The molecule has 0 saturated heterocycles. The first-order valence-corrected chi connectivity index (χ1v) is 6.01. The Kier molecular flexibility index (Phi) is 6.21.